The van der Waals surface area contributed by atoms with Crippen molar-refractivity contribution in [3.05, 3.63) is 59.2 Å². The van der Waals surface area contributed by atoms with Crippen molar-refractivity contribution in [2.75, 3.05) is 31.6 Å². The fourth-order valence-electron chi connectivity index (χ4n) is 3.98. The third-order valence-electron chi connectivity index (χ3n) is 5.48. The molecule has 0 spiro atoms. The Morgan fingerprint density at radius 3 is 2.90 bits per heavy atom. The van der Waals surface area contributed by atoms with Crippen LogP contribution in [0.5, 0.6) is 0 Å². The molecule has 1 fully saturated rings. The number of amides is 1. The Balaban J connectivity index is 1.59. The molecule has 1 aliphatic rings. The van der Waals surface area contributed by atoms with E-state index in [9.17, 15) is 4.79 Å². The summed E-state index contributed by atoms with van der Waals surface area (Å²) in [7, 11) is 0. The van der Waals surface area contributed by atoms with Crippen LogP contribution < -0.4 is 5.32 Å². The quantitative estimate of drug-likeness (QED) is 0.666. The minimum absolute atomic E-state index is 0.0571. The Bertz CT molecular complexity index is 1020. The van der Waals surface area contributed by atoms with Crippen LogP contribution in [0.3, 0.4) is 0 Å². The molecular weight excluding hydrogens is 376 g/mol. The smallest absolute Gasteiger partial charge is 0.254 e. The van der Waals surface area contributed by atoms with Gasteiger partial charge in [0.1, 0.15) is 0 Å². The highest BCUT2D eigenvalue weighted by molar-refractivity contribution is 5.97. The maximum atomic E-state index is 13.0. The van der Waals surface area contributed by atoms with Crippen LogP contribution in [0.1, 0.15) is 41.3 Å². The highest BCUT2D eigenvalue weighted by Gasteiger charge is 2.19. The van der Waals surface area contributed by atoms with E-state index in [2.05, 4.69) is 48.0 Å². The summed E-state index contributed by atoms with van der Waals surface area (Å²) < 4.78 is 7.69. The zero-order valence-electron chi connectivity index (χ0n) is 17.9. The maximum Gasteiger partial charge on any atom is 0.254 e. The van der Waals surface area contributed by atoms with Gasteiger partial charge in [-0.25, -0.2) is 4.98 Å². The summed E-state index contributed by atoms with van der Waals surface area (Å²) in [6.07, 6.45) is 1.89. The Morgan fingerprint density at radius 1 is 1.17 bits per heavy atom. The van der Waals surface area contributed by atoms with E-state index in [4.69, 9.17) is 9.72 Å². The van der Waals surface area contributed by atoms with Crippen LogP contribution in [0.4, 0.5) is 5.95 Å². The second-order valence-electron chi connectivity index (χ2n) is 7.89. The number of rotatable bonds is 6. The lowest BCUT2D eigenvalue weighted by atomic mass is 10.1. The fraction of sp³-hybridized carbons (Fsp3) is 0.417. The minimum atomic E-state index is 0.0571. The maximum absolute atomic E-state index is 13.0. The number of nitrogens with zero attached hydrogens (tertiary/aromatic N) is 3. The van der Waals surface area contributed by atoms with Gasteiger partial charge in [-0.05, 0) is 43.5 Å². The highest BCUT2D eigenvalue weighted by Crippen LogP contribution is 2.23. The van der Waals surface area contributed by atoms with Gasteiger partial charge in [0.05, 0.1) is 17.6 Å². The molecule has 1 N–H and O–H groups in total. The predicted molar refractivity (Wildman–Crippen MR) is 120 cm³/mol. The van der Waals surface area contributed by atoms with E-state index in [1.54, 1.807) is 0 Å². The van der Waals surface area contributed by atoms with E-state index in [0.717, 1.165) is 49.5 Å². The monoisotopic (exact) mass is 406 g/mol. The molecule has 0 aliphatic carbocycles. The van der Waals surface area contributed by atoms with Gasteiger partial charge in [0.25, 0.3) is 5.91 Å². The summed E-state index contributed by atoms with van der Waals surface area (Å²) in [5.41, 5.74) is 5.07. The topological polar surface area (TPSA) is 59.4 Å². The number of fused-ring (bicyclic) bond motifs is 1. The van der Waals surface area contributed by atoms with E-state index in [0.29, 0.717) is 25.3 Å². The summed E-state index contributed by atoms with van der Waals surface area (Å²) in [4.78, 5) is 19.7. The molecular formula is C24H30N4O2. The number of benzene rings is 2. The molecule has 6 heteroatoms. The molecule has 1 aliphatic heterocycles. The molecule has 4 rings (SSSR count). The van der Waals surface area contributed by atoms with Crippen LogP contribution in [-0.4, -0.2) is 46.7 Å². The van der Waals surface area contributed by atoms with Crippen molar-refractivity contribution >= 4 is 22.9 Å². The minimum Gasteiger partial charge on any atom is -0.380 e. The van der Waals surface area contributed by atoms with Gasteiger partial charge in [0.15, 0.2) is 0 Å². The molecule has 1 aromatic heterocycles. The zero-order chi connectivity index (χ0) is 20.9. The number of nitrogens with one attached hydrogen (secondary N) is 1. The summed E-state index contributed by atoms with van der Waals surface area (Å²) in [6.45, 7) is 8.57. The molecule has 6 nitrogen and oxygen atoms in total. The summed E-state index contributed by atoms with van der Waals surface area (Å²) >= 11 is 0. The number of carbonyl (C=O) groups is 1. The van der Waals surface area contributed by atoms with Gasteiger partial charge in [-0.2, -0.15) is 0 Å². The Kier molecular flexibility index (Phi) is 6.33. The fourth-order valence-corrected chi connectivity index (χ4v) is 3.98. The number of imidazole rings is 1. The van der Waals surface area contributed by atoms with Crippen molar-refractivity contribution in [2.24, 2.45) is 0 Å². The zero-order valence-corrected chi connectivity index (χ0v) is 17.9. The van der Waals surface area contributed by atoms with Crippen LogP contribution in [0.15, 0.2) is 42.5 Å². The number of hydrogen-bond acceptors (Lipinski definition) is 4. The van der Waals surface area contributed by atoms with Crippen LogP contribution in [-0.2, 0) is 17.8 Å². The molecule has 0 radical (unpaired) electrons. The van der Waals surface area contributed by atoms with E-state index < -0.39 is 0 Å². The van der Waals surface area contributed by atoms with Crippen molar-refractivity contribution in [1.29, 1.82) is 0 Å². The number of aromatic nitrogens is 2. The van der Waals surface area contributed by atoms with Crippen LogP contribution in [0.25, 0.3) is 11.0 Å². The molecule has 30 heavy (non-hydrogen) atoms. The molecule has 0 saturated carbocycles. The second kappa shape index (κ2) is 9.30. The standard InChI is InChI=1S/C24H30N4O2/c1-3-10-28-22-9-8-20(23(29)27-11-5-13-30-14-12-27)16-21(22)26-24(28)25-17-19-7-4-6-18(2)15-19/h4,6-9,15-16H,3,5,10-14,17H2,1-2H3,(H,25,26). The average molecular weight is 407 g/mol. The van der Waals surface area contributed by atoms with Crippen molar-refractivity contribution in [3.63, 3.8) is 0 Å². The third kappa shape index (κ3) is 4.49. The predicted octanol–water partition coefficient (Wildman–Crippen LogP) is 4.23. The number of hydrogen-bond donors (Lipinski definition) is 1. The number of aryl methyl sites for hydroxylation is 2. The summed E-state index contributed by atoms with van der Waals surface area (Å²) in [6, 6.07) is 14.4. The first kappa shape index (κ1) is 20.4. The Hall–Kier alpha value is -2.86. The van der Waals surface area contributed by atoms with Crippen molar-refractivity contribution in [2.45, 2.75) is 39.8 Å². The number of carbonyl (C=O) groups excluding carboxylic acids is 1. The number of anilines is 1. The molecule has 0 bridgehead atoms. The van der Waals surface area contributed by atoms with E-state index in [1.165, 1.54) is 11.1 Å². The van der Waals surface area contributed by atoms with Gasteiger partial charge in [0, 0.05) is 38.3 Å². The van der Waals surface area contributed by atoms with Crippen LogP contribution >= 0.6 is 0 Å². The van der Waals surface area contributed by atoms with Gasteiger partial charge in [0.2, 0.25) is 5.95 Å². The normalized spacial score (nSPS) is 14.7. The van der Waals surface area contributed by atoms with Crippen LogP contribution in [0, 0.1) is 6.92 Å². The molecule has 1 amide bonds. The number of ether oxygens (including phenoxy) is 1. The first-order valence-electron chi connectivity index (χ1n) is 10.8. The molecule has 2 heterocycles. The van der Waals surface area contributed by atoms with Crippen molar-refractivity contribution in [1.82, 2.24) is 14.5 Å². The van der Waals surface area contributed by atoms with Gasteiger partial charge < -0.3 is 19.5 Å². The SMILES string of the molecule is CCCn1c(NCc2cccc(C)c2)nc2cc(C(=O)N3CCCOCC3)ccc21. The lowest BCUT2D eigenvalue weighted by Gasteiger charge is -2.19. The van der Waals surface area contributed by atoms with Gasteiger partial charge in [-0.3, -0.25) is 4.79 Å². The van der Waals surface area contributed by atoms with Crippen molar-refractivity contribution in [3.8, 4) is 0 Å². The molecule has 2 aromatic carbocycles. The highest BCUT2D eigenvalue weighted by atomic mass is 16.5. The van der Waals surface area contributed by atoms with Gasteiger partial charge >= 0.3 is 0 Å². The first-order chi connectivity index (χ1) is 14.7. The lowest BCUT2D eigenvalue weighted by Crippen LogP contribution is -2.33. The molecule has 158 valence electrons. The van der Waals surface area contributed by atoms with E-state index in [1.807, 2.05) is 23.1 Å². The molecule has 0 unspecified atom stereocenters. The van der Waals surface area contributed by atoms with Gasteiger partial charge in [-0.15, -0.1) is 0 Å². The summed E-state index contributed by atoms with van der Waals surface area (Å²) in [5.74, 6) is 0.905. The average Bonchev–Trinajstić information content (AvgIpc) is 2.91. The largest absolute Gasteiger partial charge is 0.380 e. The van der Waals surface area contributed by atoms with Gasteiger partial charge in [-0.1, -0.05) is 36.8 Å². The van der Waals surface area contributed by atoms with E-state index in [-0.39, 0.29) is 5.91 Å². The summed E-state index contributed by atoms with van der Waals surface area (Å²) in [5, 5.41) is 3.49. The van der Waals surface area contributed by atoms with E-state index >= 15 is 0 Å². The molecule has 3 aromatic rings. The molecule has 0 atom stereocenters. The molecule has 1 saturated heterocycles. The third-order valence-corrected chi connectivity index (χ3v) is 5.48. The second-order valence-corrected chi connectivity index (χ2v) is 7.89. The lowest BCUT2D eigenvalue weighted by molar-refractivity contribution is 0.0741. The Labute approximate surface area is 177 Å². The van der Waals surface area contributed by atoms with Crippen molar-refractivity contribution < 1.29 is 9.53 Å². The van der Waals surface area contributed by atoms with Crippen LogP contribution in [0.2, 0.25) is 0 Å². The Morgan fingerprint density at radius 2 is 2.07 bits per heavy atom. The first-order valence-corrected chi connectivity index (χ1v) is 10.8.